The molecule has 0 spiro atoms. The van der Waals surface area contributed by atoms with Crippen molar-refractivity contribution in [2.45, 2.75) is 30.0 Å². The van der Waals surface area contributed by atoms with Crippen LogP contribution in [0.25, 0.3) is 0 Å². The molecule has 124 valence electrons. The Morgan fingerprint density at radius 2 is 2.17 bits per heavy atom. The van der Waals surface area contributed by atoms with Gasteiger partial charge in [0.2, 0.25) is 5.91 Å². The van der Waals surface area contributed by atoms with E-state index in [0.717, 1.165) is 4.88 Å². The SMILES string of the molecule is Cc1ccc(S(=O)(=O)N2CCCC2C(=O)Nc2ccn(C)n2)s1. The van der Waals surface area contributed by atoms with Crippen molar-refractivity contribution in [3.8, 4) is 0 Å². The highest BCUT2D eigenvalue weighted by atomic mass is 32.2. The molecule has 7 nitrogen and oxygen atoms in total. The molecule has 1 unspecified atom stereocenters. The first-order chi connectivity index (χ1) is 10.9. The summed E-state index contributed by atoms with van der Waals surface area (Å²) < 4.78 is 28.7. The van der Waals surface area contributed by atoms with Crippen LogP contribution < -0.4 is 5.32 Å². The predicted octanol–water partition coefficient (Wildman–Crippen LogP) is 1.58. The van der Waals surface area contributed by atoms with Crippen LogP contribution >= 0.6 is 11.3 Å². The number of sulfonamides is 1. The number of aryl methyl sites for hydroxylation is 2. The third kappa shape index (κ3) is 3.17. The van der Waals surface area contributed by atoms with E-state index in [1.807, 2.05) is 6.92 Å². The standard InChI is InChI=1S/C14H18N4O3S2/c1-10-5-6-13(22-10)23(20,21)18-8-3-4-11(18)14(19)15-12-7-9-17(2)16-12/h5-7,9,11H,3-4,8H2,1-2H3,(H,15,16,19). The summed E-state index contributed by atoms with van der Waals surface area (Å²) in [5, 5.41) is 6.78. The maximum Gasteiger partial charge on any atom is 0.253 e. The summed E-state index contributed by atoms with van der Waals surface area (Å²) in [7, 11) is -1.88. The average Bonchev–Trinajstić information content (AvgIpc) is 3.19. The summed E-state index contributed by atoms with van der Waals surface area (Å²) >= 11 is 1.23. The molecule has 0 saturated carbocycles. The van der Waals surface area contributed by atoms with E-state index in [2.05, 4.69) is 10.4 Å². The number of carbonyl (C=O) groups is 1. The van der Waals surface area contributed by atoms with Crippen molar-refractivity contribution in [1.82, 2.24) is 14.1 Å². The number of thiophene rings is 1. The fraction of sp³-hybridized carbons (Fsp3) is 0.429. The van der Waals surface area contributed by atoms with Gasteiger partial charge in [0.05, 0.1) is 0 Å². The number of rotatable bonds is 4. The maximum absolute atomic E-state index is 12.8. The molecule has 0 bridgehead atoms. The molecule has 9 heteroatoms. The molecule has 23 heavy (non-hydrogen) atoms. The van der Waals surface area contributed by atoms with E-state index < -0.39 is 16.1 Å². The second kappa shape index (κ2) is 6.06. The summed E-state index contributed by atoms with van der Waals surface area (Å²) in [5.41, 5.74) is 0. The lowest BCUT2D eigenvalue weighted by molar-refractivity contribution is -0.119. The maximum atomic E-state index is 12.8. The second-order valence-corrected chi connectivity index (χ2v) is 8.91. The van der Waals surface area contributed by atoms with Gasteiger partial charge in [0, 0.05) is 30.7 Å². The number of amides is 1. The van der Waals surface area contributed by atoms with Gasteiger partial charge in [0.1, 0.15) is 10.3 Å². The third-order valence-corrected chi connectivity index (χ3v) is 7.13. The summed E-state index contributed by atoms with van der Waals surface area (Å²) in [4.78, 5) is 13.4. The van der Waals surface area contributed by atoms with Crippen LogP contribution in [0.4, 0.5) is 5.82 Å². The smallest absolute Gasteiger partial charge is 0.253 e. The van der Waals surface area contributed by atoms with Crippen molar-refractivity contribution in [3.05, 3.63) is 29.3 Å². The van der Waals surface area contributed by atoms with Crippen molar-refractivity contribution in [3.63, 3.8) is 0 Å². The van der Waals surface area contributed by atoms with Crippen LogP contribution in [0, 0.1) is 6.92 Å². The van der Waals surface area contributed by atoms with Gasteiger partial charge in [-0.1, -0.05) is 0 Å². The molecular formula is C14H18N4O3S2. The first-order valence-corrected chi connectivity index (χ1v) is 9.52. The Bertz CT molecular complexity index is 825. The van der Waals surface area contributed by atoms with E-state index in [1.54, 1.807) is 36.1 Å². The Morgan fingerprint density at radius 1 is 1.39 bits per heavy atom. The van der Waals surface area contributed by atoms with Gasteiger partial charge in [-0.2, -0.15) is 9.40 Å². The van der Waals surface area contributed by atoms with Gasteiger partial charge in [0.15, 0.2) is 5.82 Å². The molecule has 1 N–H and O–H groups in total. The number of anilines is 1. The molecule has 1 atom stereocenters. The van der Waals surface area contributed by atoms with E-state index in [4.69, 9.17) is 0 Å². The second-order valence-electron chi connectivity index (χ2n) is 5.50. The molecule has 2 aromatic rings. The van der Waals surface area contributed by atoms with Crippen molar-refractivity contribution in [2.75, 3.05) is 11.9 Å². The van der Waals surface area contributed by atoms with Crippen LogP contribution in [0.3, 0.4) is 0 Å². The van der Waals surface area contributed by atoms with Crippen LogP contribution in [0.15, 0.2) is 28.6 Å². The zero-order valence-corrected chi connectivity index (χ0v) is 14.5. The lowest BCUT2D eigenvalue weighted by Crippen LogP contribution is -2.42. The van der Waals surface area contributed by atoms with E-state index in [1.165, 1.54) is 15.6 Å². The van der Waals surface area contributed by atoms with Crippen molar-refractivity contribution >= 4 is 33.1 Å². The topological polar surface area (TPSA) is 84.3 Å². The van der Waals surface area contributed by atoms with E-state index in [0.29, 0.717) is 25.2 Å². The average molecular weight is 354 g/mol. The van der Waals surface area contributed by atoms with Crippen LogP contribution in [0.2, 0.25) is 0 Å². The molecule has 0 radical (unpaired) electrons. The Balaban J connectivity index is 1.81. The molecule has 3 rings (SSSR count). The van der Waals surface area contributed by atoms with Gasteiger partial charge in [-0.25, -0.2) is 8.42 Å². The number of aromatic nitrogens is 2. The van der Waals surface area contributed by atoms with E-state index in [-0.39, 0.29) is 10.1 Å². The summed E-state index contributed by atoms with van der Waals surface area (Å²) in [6, 6.07) is 4.36. The highest BCUT2D eigenvalue weighted by Gasteiger charge is 2.40. The lowest BCUT2D eigenvalue weighted by atomic mass is 10.2. The summed E-state index contributed by atoms with van der Waals surface area (Å²) in [6.07, 6.45) is 2.90. The molecule has 3 heterocycles. The van der Waals surface area contributed by atoms with Crippen LogP contribution in [-0.2, 0) is 21.9 Å². The van der Waals surface area contributed by atoms with E-state index in [9.17, 15) is 13.2 Å². The van der Waals surface area contributed by atoms with E-state index >= 15 is 0 Å². The van der Waals surface area contributed by atoms with Gasteiger partial charge < -0.3 is 5.32 Å². The third-order valence-electron chi connectivity index (χ3n) is 3.75. The predicted molar refractivity (Wildman–Crippen MR) is 87.8 cm³/mol. The zero-order valence-electron chi connectivity index (χ0n) is 12.9. The van der Waals surface area contributed by atoms with Crippen LogP contribution in [0.5, 0.6) is 0 Å². The summed E-state index contributed by atoms with van der Waals surface area (Å²) in [5.74, 6) is 0.0896. The molecule has 1 saturated heterocycles. The Labute approximate surface area is 139 Å². The quantitative estimate of drug-likeness (QED) is 0.903. The summed E-state index contributed by atoms with van der Waals surface area (Å²) in [6.45, 7) is 2.22. The Morgan fingerprint density at radius 3 is 2.78 bits per heavy atom. The van der Waals surface area contributed by atoms with Gasteiger partial charge in [0.25, 0.3) is 10.0 Å². The fourth-order valence-electron chi connectivity index (χ4n) is 2.65. The van der Waals surface area contributed by atoms with Crippen molar-refractivity contribution < 1.29 is 13.2 Å². The lowest BCUT2D eigenvalue weighted by Gasteiger charge is -2.22. The minimum absolute atomic E-state index is 0.285. The zero-order chi connectivity index (χ0) is 16.6. The fourth-order valence-corrected chi connectivity index (χ4v) is 5.72. The van der Waals surface area contributed by atoms with Gasteiger partial charge >= 0.3 is 0 Å². The van der Waals surface area contributed by atoms with Crippen LogP contribution in [0.1, 0.15) is 17.7 Å². The molecule has 1 aliphatic rings. The number of hydrogen-bond donors (Lipinski definition) is 1. The highest BCUT2D eigenvalue weighted by Crippen LogP contribution is 2.30. The first-order valence-electron chi connectivity index (χ1n) is 7.27. The Hall–Kier alpha value is -1.71. The molecular weight excluding hydrogens is 336 g/mol. The molecule has 1 amide bonds. The number of carbonyl (C=O) groups excluding carboxylic acids is 1. The van der Waals surface area contributed by atoms with Gasteiger partial charge in [-0.05, 0) is 31.9 Å². The van der Waals surface area contributed by atoms with Gasteiger partial charge in [-0.15, -0.1) is 11.3 Å². The minimum atomic E-state index is -3.63. The van der Waals surface area contributed by atoms with Gasteiger partial charge in [-0.3, -0.25) is 9.48 Å². The first kappa shape index (κ1) is 16.2. The minimum Gasteiger partial charge on any atom is -0.308 e. The normalized spacial score (nSPS) is 19.1. The molecule has 1 fully saturated rings. The molecule has 1 aliphatic heterocycles. The van der Waals surface area contributed by atoms with Crippen molar-refractivity contribution in [1.29, 1.82) is 0 Å². The largest absolute Gasteiger partial charge is 0.308 e. The number of nitrogens with zero attached hydrogens (tertiary/aromatic N) is 3. The molecule has 0 aliphatic carbocycles. The molecule has 2 aromatic heterocycles. The molecule has 0 aromatic carbocycles. The van der Waals surface area contributed by atoms with Crippen LogP contribution in [-0.4, -0.2) is 41.0 Å². The monoisotopic (exact) mass is 354 g/mol. The number of nitrogens with one attached hydrogen (secondary N) is 1. The van der Waals surface area contributed by atoms with Crippen molar-refractivity contribution in [2.24, 2.45) is 7.05 Å². The Kier molecular flexibility index (Phi) is 4.26. The highest BCUT2D eigenvalue weighted by molar-refractivity contribution is 7.91. The number of hydrogen-bond acceptors (Lipinski definition) is 5.